The molecule has 21 heavy (non-hydrogen) atoms. The zero-order valence-corrected chi connectivity index (χ0v) is 12.1. The molecule has 0 fully saturated rings. The molecule has 0 spiro atoms. The summed E-state index contributed by atoms with van der Waals surface area (Å²) in [5, 5.41) is 13.3. The van der Waals surface area contributed by atoms with Gasteiger partial charge < -0.3 is 10.4 Å². The summed E-state index contributed by atoms with van der Waals surface area (Å²) in [5.74, 6) is -2.50. The van der Waals surface area contributed by atoms with Crippen molar-refractivity contribution in [1.29, 1.82) is 0 Å². The van der Waals surface area contributed by atoms with Crippen molar-refractivity contribution in [2.75, 3.05) is 5.32 Å². The summed E-state index contributed by atoms with van der Waals surface area (Å²) in [7, 11) is 0. The molecule has 1 amide bonds. The van der Waals surface area contributed by atoms with Crippen molar-refractivity contribution in [1.82, 2.24) is 0 Å². The Kier molecular flexibility index (Phi) is 4.70. The van der Waals surface area contributed by atoms with E-state index in [1.165, 1.54) is 0 Å². The van der Waals surface area contributed by atoms with Gasteiger partial charge in [0.15, 0.2) is 0 Å². The lowest BCUT2D eigenvalue weighted by Gasteiger charge is -2.12. The third-order valence-electron chi connectivity index (χ3n) is 3.01. The lowest BCUT2D eigenvalue weighted by molar-refractivity contribution is -0.119. The molecular weight excluding hydrogens is 293 g/mol. The third kappa shape index (κ3) is 3.88. The molecule has 0 unspecified atom stereocenters. The monoisotopic (exact) mass is 307 g/mol. The van der Waals surface area contributed by atoms with Crippen LogP contribution in [-0.2, 0) is 11.2 Å². The van der Waals surface area contributed by atoms with E-state index in [-0.39, 0.29) is 23.1 Å². The van der Waals surface area contributed by atoms with Crippen LogP contribution in [0.2, 0.25) is 0 Å². The van der Waals surface area contributed by atoms with Crippen LogP contribution in [-0.4, -0.2) is 17.0 Å². The predicted octanol–water partition coefficient (Wildman–Crippen LogP) is 3.40. The van der Waals surface area contributed by atoms with E-state index in [1.807, 2.05) is 17.5 Å². The van der Waals surface area contributed by atoms with Gasteiger partial charge in [-0.15, -0.1) is 11.3 Å². The van der Waals surface area contributed by atoms with Crippen LogP contribution >= 0.6 is 11.3 Å². The van der Waals surface area contributed by atoms with Gasteiger partial charge in [0.1, 0.15) is 5.82 Å². The van der Waals surface area contributed by atoms with Crippen LogP contribution in [0, 0.1) is 11.7 Å². The molecular formula is C15H14FNO3S. The maximum atomic E-state index is 13.6. The highest BCUT2D eigenvalue weighted by Gasteiger charge is 2.17. The Morgan fingerprint density at radius 1 is 1.38 bits per heavy atom. The molecule has 0 aliphatic carbocycles. The summed E-state index contributed by atoms with van der Waals surface area (Å²) in [5.41, 5.74) is -0.185. The molecule has 6 heteroatoms. The molecule has 2 N–H and O–H groups in total. The van der Waals surface area contributed by atoms with E-state index in [4.69, 9.17) is 5.11 Å². The topological polar surface area (TPSA) is 66.4 Å². The number of nitrogens with one attached hydrogen (secondary N) is 1. The molecule has 0 bridgehead atoms. The first-order valence-electron chi connectivity index (χ1n) is 6.33. The highest BCUT2D eigenvalue weighted by atomic mass is 32.1. The minimum atomic E-state index is -1.17. The fourth-order valence-corrected chi connectivity index (χ4v) is 2.67. The zero-order valence-electron chi connectivity index (χ0n) is 11.3. The SMILES string of the molecule is C[C@@H](Cc1cccs1)C(=O)Nc1cc(C(=O)O)ccc1F. The first-order chi connectivity index (χ1) is 9.97. The van der Waals surface area contributed by atoms with E-state index in [9.17, 15) is 14.0 Å². The summed E-state index contributed by atoms with van der Waals surface area (Å²) in [4.78, 5) is 24.0. The maximum absolute atomic E-state index is 13.6. The zero-order chi connectivity index (χ0) is 15.4. The number of carboxylic acids is 1. The molecule has 0 aliphatic heterocycles. The number of benzene rings is 1. The number of amides is 1. The molecule has 0 aliphatic rings. The van der Waals surface area contributed by atoms with Gasteiger partial charge in [0, 0.05) is 10.8 Å². The average molecular weight is 307 g/mol. The van der Waals surface area contributed by atoms with Crippen LogP contribution in [0.4, 0.5) is 10.1 Å². The molecule has 0 saturated heterocycles. The third-order valence-corrected chi connectivity index (χ3v) is 3.90. The van der Waals surface area contributed by atoms with Crippen LogP contribution in [0.15, 0.2) is 35.7 Å². The van der Waals surface area contributed by atoms with Crippen molar-refractivity contribution in [3.05, 3.63) is 52.0 Å². The van der Waals surface area contributed by atoms with Crippen molar-refractivity contribution >= 4 is 28.9 Å². The second kappa shape index (κ2) is 6.49. The summed E-state index contributed by atoms with van der Waals surface area (Å²) in [6.45, 7) is 1.74. The fraction of sp³-hybridized carbons (Fsp3) is 0.200. The smallest absolute Gasteiger partial charge is 0.335 e. The number of carbonyl (C=O) groups excluding carboxylic acids is 1. The summed E-state index contributed by atoms with van der Waals surface area (Å²) < 4.78 is 13.6. The van der Waals surface area contributed by atoms with Crippen LogP contribution in [0.3, 0.4) is 0 Å². The molecule has 2 aromatic rings. The van der Waals surface area contributed by atoms with Gasteiger partial charge in [-0.2, -0.15) is 0 Å². The Morgan fingerprint density at radius 3 is 2.76 bits per heavy atom. The van der Waals surface area contributed by atoms with Gasteiger partial charge in [-0.25, -0.2) is 9.18 Å². The van der Waals surface area contributed by atoms with E-state index in [0.717, 1.165) is 23.1 Å². The number of anilines is 1. The Bertz CT molecular complexity index is 655. The van der Waals surface area contributed by atoms with Crippen molar-refractivity contribution in [2.24, 2.45) is 5.92 Å². The van der Waals surface area contributed by atoms with Gasteiger partial charge in [-0.1, -0.05) is 13.0 Å². The maximum Gasteiger partial charge on any atom is 0.335 e. The lowest BCUT2D eigenvalue weighted by atomic mass is 10.1. The highest BCUT2D eigenvalue weighted by molar-refractivity contribution is 7.09. The minimum Gasteiger partial charge on any atom is -0.478 e. The number of carbonyl (C=O) groups is 2. The Balaban J connectivity index is 2.08. The van der Waals surface area contributed by atoms with Crippen molar-refractivity contribution in [3.8, 4) is 0 Å². The number of rotatable bonds is 5. The van der Waals surface area contributed by atoms with Crippen molar-refractivity contribution in [2.45, 2.75) is 13.3 Å². The normalized spacial score (nSPS) is 11.9. The molecule has 1 heterocycles. The van der Waals surface area contributed by atoms with E-state index in [1.54, 1.807) is 18.3 Å². The Labute approximate surface area is 125 Å². The summed E-state index contributed by atoms with van der Waals surface area (Å²) >= 11 is 1.55. The minimum absolute atomic E-state index is 0.0717. The number of thiophene rings is 1. The Morgan fingerprint density at radius 2 is 2.14 bits per heavy atom. The number of halogens is 1. The number of aromatic carboxylic acids is 1. The van der Waals surface area contributed by atoms with Gasteiger partial charge in [0.2, 0.25) is 5.91 Å². The van der Waals surface area contributed by atoms with Crippen LogP contribution < -0.4 is 5.32 Å². The van der Waals surface area contributed by atoms with E-state index in [2.05, 4.69) is 5.32 Å². The van der Waals surface area contributed by atoms with Crippen molar-refractivity contribution in [3.63, 3.8) is 0 Å². The summed E-state index contributed by atoms with van der Waals surface area (Å²) in [6.07, 6.45) is 0.559. The van der Waals surface area contributed by atoms with Crippen LogP contribution in [0.25, 0.3) is 0 Å². The molecule has 1 aromatic heterocycles. The lowest BCUT2D eigenvalue weighted by Crippen LogP contribution is -2.22. The molecule has 4 nitrogen and oxygen atoms in total. The van der Waals surface area contributed by atoms with Gasteiger partial charge in [0.25, 0.3) is 0 Å². The molecule has 1 atom stereocenters. The van der Waals surface area contributed by atoms with Crippen molar-refractivity contribution < 1.29 is 19.1 Å². The first kappa shape index (κ1) is 15.2. The van der Waals surface area contributed by atoms with Crippen LogP contribution in [0.5, 0.6) is 0 Å². The predicted molar refractivity (Wildman–Crippen MR) is 79.2 cm³/mol. The number of hydrogen-bond acceptors (Lipinski definition) is 3. The second-order valence-electron chi connectivity index (χ2n) is 4.67. The quantitative estimate of drug-likeness (QED) is 0.889. The molecule has 0 radical (unpaired) electrons. The number of carboxylic acid groups (broad SMARTS) is 1. The van der Waals surface area contributed by atoms with Gasteiger partial charge in [-0.3, -0.25) is 4.79 Å². The number of hydrogen-bond donors (Lipinski definition) is 2. The summed E-state index contributed by atoms with van der Waals surface area (Å²) in [6, 6.07) is 7.14. The molecule has 110 valence electrons. The molecule has 0 saturated carbocycles. The largest absolute Gasteiger partial charge is 0.478 e. The van der Waals surface area contributed by atoms with Gasteiger partial charge in [-0.05, 0) is 36.1 Å². The van der Waals surface area contributed by atoms with Crippen LogP contribution in [0.1, 0.15) is 22.2 Å². The second-order valence-corrected chi connectivity index (χ2v) is 5.71. The standard InChI is InChI=1S/C15H14FNO3S/c1-9(7-11-3-2-6-21-11)14(18)17-13-8-10(15(19)20)4-5-12(13)16/h2-6,8-9H,7H2,1H3,(H,17,18)(H,19,20)/t9-/m0/s1. The van der Waals surface area contributed by atoms with E-state index in [0.29, 0.717) is 6.42 Å². The fourth-order valence-electron chi connectivity index (χ4n) is 1.83. The van der Waals surface area contributed by atoms with Gasteiger partial charge >= 0.3 is 5.97 Å². The van der Waals surface area contributed by atoms with E-state index >= 15 is 0 Å². The van der Waals surface area contributed by atoms with Gasteiger partial charge in [0.05, 0.1) is 11.3 Å². The molecule has 2 rings (SSSR count). The highest BCUT2D eigenvalue weighted by Crippen LogP contribution is 2.19. The molecule has 1 aromatic carbocycles. The average Bonchev–Trinajstić information content (AvgIpc) is 2.93. The van der Waals surface area contributed by atoms with E-state index < -0.39 is 11.8 Å². The first-order valence-corrected chi connectivity index (χ1v) is 7.21. The Hall–Kier alpha value is -2.21.